The maximum atomic E-state index is 13.0. The van der Waals surface area contributed by atoms with Crippen molar-refractivity contribution >= 4 is 5.91 Å². The van der Waals surface area contributed by atoms with Gasteiger partial charge in [-0.3, -0.25) is 4.79 Å². The van der Waals surface area contributed by atoms with Crippen molar-refractivity contribution in [1.82, 2.24) is 0 Å². The Bertz CT molecular complexity index is 376. The Kier molecular flexibility index (Phi) is 2.23. The lowest BCUT2D eigenvalue weighted by Gasteiger charge is -2.08. The molecule has 1 amide bonds. The van der Waals surface area contributed by atoms with Gasteiger partial charge >= 0.3 is 0 Å². The van der Waals surface area contributed by atoms with Gasteiger partial charge in [-0.15, -0.1) is 0 Å². The summed E-state index contributed by atoms with van der Waals surface area (Å²) < 4.78 is 13.0. The third kappa shape index (κ3) is 1.62. The lowest BCUT2D eigenvalue weighted by molar-refractivity contribution is -0.118. The van der Waals surface area contributed by atoms with Crippen molar-refractivity contribution in [3.63, 3.8) is 0 Å². The summed E-state index contributed by atoms with van der Waals surface area (Å²) in [4.78, 5) is 10.8. The van der Waals surface area contributed by atoms with Crippen LogP contribution in [0.2, 0.25) is 0 Å². The minimum Gasteiger partial charge on any atom is -0.370 e. The summed E-state index contributed by atoms with van der Waals surface area (Å²) in [5.74, 6) is -0.426. The van der Waals surface area contributed by atoms with Crippen LogP contribution in [0.4, 0.5) is 4.39 Å². The molecule has 0 spiro atoms. The molecule has 1 aromatic carbocycles. The molecule has 14 heavy (non-hydrogen) atoms. The second-order valence-electron chi connectivity index (χ2n) is 3.75. The number of hydrogen-bond acceptors (Lipinski definition) is 1. The van der Waals surface area contributed by atoms with Crippen molar-refractivity contribution in [2.24, 2.45) is 5.73 Å². The first-order valence-electron chi connectivity index (χ1n) is 4.73. The predicted octanol–water partition coefficient (Wildman–Crippen LogP) is 1.73. The highest BCUT2D eigenvalue weighted by Gasteiger charge is 2.24. The number of hydrogen-bond donors (Lipinski definition) is 1. The molecule has 0 saturated carbocycles. The van der Waals surface area contributed by atoms with Crippen LogP contribution in [0.5, 0.6) is 0 Å². The molecular weight excluding hydrogens is 181 g/mol. The molecule has 0 aliphatic heterocycles. The maximum Gasteiger partial charge on any atom is 0.218 e. The zero-order chi connectivity index (χ0) is 10.1. The Hall–Kier alpha value is -1.38. The zero-order valence-electron chi connectivity index (χ0n) is 7.79. The summed E-state index contributed by atoms with van der Waals surface area (Å²) in [7, 11) is 0. The van der Waals surface area contributed by atoms with Crippen LogP contribution >= 0.6 is 0 Å². The van der Waals surface area contributed by atoms with E-state index in [-0.39, 0.29) is 17.6 Å². The van der Waals surface area contributed by atoms with Crippen LogP contribution in [0.3, 0.4) is 0 Å². The number of nitrogens with two attached hydrogens (primary N) is 1. The summed E-state index contributed by atoms with van der Waals surface area (Å²) in [6, 6.07) is 4.78. The summed E-state index contributed by atoms with van der Waals surface area (Å²) in [5.41, 5.74) is 7.25. The molecule has 0 saturated heterocycles. The zero-order valence-corrected chi connectivity index (χ0v) is 7.79. The van der Waals surface area contributed by atoms with Gasteiger partial charge in [0.05, 0.1) is 0 Å². The van der Waals surface area contributed by atoms with Crippen molar-refractivity contribution in [1.29, 1.82) is 0 Å². The highest BCUT2D eigenvalue weighted by Crippen LogP contribution is 2.35. The van der Waals surface area contributed by atoms with Crippen LogP contribution in [0.15, 0.2) is 18.2 Å². The molecule has 1 atom stereocenters. The van der Waals surface area contributed by atoms with E-state index in [9.17, 15) is 9.18 Å². The number of halogens is 1. The van der Waals surface area contributed by atoms with Gasteiger partial charge in [0.1, 0.15) is 5.82 Å². The second-order valence-corrected chi connectivity index (χ2v) is 3.75. The van der Waals surface area contributed by atoms with E-state index in [4.69, 9.17) is 5.73 Å². The molecule has 0 aromatic heterocycles. The monoisotopic (exact) mass is 193 g/mol. The number of aryl methyl sites for hydroxylation is 1. The fourth-order valence-corrected chi connectivity index (χ4v) is 2.11. The number of rotatable bonds is 2. The minimum absolute atomic E-state index is 0.123. The summed E-state index contributed by atoms with van der Waals surface area (Å²) in [6.45, 7) is 0. The first kappa shape index (κ1) is 9.19. The van der Waals surface area contributed by atoms with Gasteiger partial charge in [0, 0.05) is 6.42 Å². The largest absolute Gasteiger partial charge is 0.370 e. The standard InChI is InChI=1S/C11H12FNO/c12-9-4-3-7-1-2-8(5-11(13)14)10(7)6-9/h3-4,6,8H,1-2,5H2,(H2,13,14). The molecule has 0 fully saturated rings. The number of carbonyl (C=O) groups is 1. The van der Waals surface area contributed by atoms with Crippen LogP contribution in [0.25, 0.3) is 0 Å². The third-order valence-corrected chi connectivity index (χ3v) is 2.76. The highest BCUT2D eigenvalue weighted by atomic mass is 19.1. The first-order chi connectivity index (χ1) is 6.66. The smallest absolute Gasteiger partial charge is 0.218 e. The Morgan fingerprint density at radius 1 is 1.57 bits per heavy atom. The van der Waals surface area contributed by atoms with Crippen molar-refractivity contribution in [2.45, 2.75) is 25.2 Å². The van der Waals surface area contributed by atoms with Gasteiger partial charge in [0.25, 0.3) is 0 Å². The fourth-order valence-electron chi connectivity index (χ4n) is 2.11. The molecule has 0 radical (unpaired) electrons. The van der Waals surface area contributed by atoms with Crippen molar-refractivity contribution in [3.05, 3.63) is 35.1 Å². The van der Waals surface area contributed by atoms with E-state index in [0.29, 0.717) is 6.42 Å². The van der Waals surface area contributed by atoms with Crippen molar-refractivity contribution in [3.8, 4) is 0 Å². The van der Waals surface area contributed by atoms with Gasteiger partial charge in [-0.05, 0) is 42.0 Å². The van der Waals surface area contributed by atoms with Gasteiger partial charge in [-0.25, -0.2) is 4.39 Å². The molecule has 1 aliphatic rings. The SMILES string of the molecule is NC(=O)CC1CCc2ccc(F)cc21. The van der Waals surface area contributed by atoms with E-state index in [1.807, 2.05) is 0 Å². The van der Waals surface area contributed by atoms with E-state index < -0.39 is 0 Å². The maximum absolute atomic E-state index is 13.0. The first-order valence-corrected chi connectivity index (χ1v) is 4.73. The molecule has 2 rings (SSSR count). The fraction of sp³-hybridized carbons (Fsp3) is 0.364. The van der Waals surface area contributed by atoms with Crippen LogP contribution in [0, 0.1) is 5.82 Å². The Labute approximate surface area is 81.9 Å². The molecular formula is C11H12FNO. The Morgan fingerprint density at radius 2 is 2.36 bits per heavy atom. The van der Waals surface area contributed by atoms with Gasteiger partial charge in [-0.1, -0.05) is 6.07 Å². The Balaban J connectivity index is 2.28. The van der Waals surface area contributed by atoms with Crippen molar-refractivity contribution in [2.75, 3.05) is 0 Å². The Morgan fingerprint density at radius 3 is 3.07 bits per heavy atom. The predicted molar refractivity (Wildman–Crippen MR) is 51.3 cm³/mol. The molecule has 1 unspecified atom stereocenters. The van der Waals surface area contributed by atoms with E-state index in [1.54, 1.807) is 6.07 Å². The lowest BCUT2D eigenvalue weighted by Crippen LogP contribution is -2.14. The second kappa shape index (κ2) is 3.40. The number of carbonyl (C=O) groups excluding carboxylic acids is 1. The van der Waals surface area contributed by atoms with Gasteiger partial charge in [0.2, 0.25) is 5.91 Å². The molecule has 0 bridgehead atoms. The van der Waals surface area contributed by atoms with Crippen molar-refractivity contribution < 1.29 is 9.18 Å². The topological polar surface area (TPSA) is 43.1 Å². The molecule has 3 heteroatoms. The van der Waals surface area contributed by atoms with E-state index in [1.165, 1.54) is 12.1 Å². The minimum atomic E-state index is -0.313. The molecule has 2 N–H and O–H groups in total. The third-order valence-electron chi connectivity index (χ3n) is 2.76. The number of primary amides is 1. The van der Waals surface area contributed by atoms with Crippen LogP contribution in [0.1, 0.15) is 29.9 Å². The summed E-state index contributed by atoms with van der Waals surface area (Å²) in [5, 5.41) is 0. The van der Waals surface area contributed by atoms with Crippen LogP contribution in [-0.2, 0) is 11.2 Å². The van der Waals surface area contributed by atoms with Crippen LogP contribution < -0.4 is 5.73 Å². The van der Waals surface area contributed by atoms with Gasteiger partial charge in [-0.2, -0.15) is 0 Å². The highest BCUT2D eigenvalue weighted by molar-refractivity contribution is 5.75. The van der Waals surface area contributed by atoms with Crippen LogP contribution in [-0.4, -0.2) is 5.91 Å². The lowest BCUT2D eigenvalue weighted by atomic mass is 9.97. The number of fused-ring (bicyclic) bond motifs is 1. The number of benzene rings is 1. The normalized spacial score (nSPS) is 19.4. The summed E-state index contributed by atoms with van der Waals surface area (Å²) >= 11 is 0. The molecule has 1 aliphatic carbocycles. The molecule has 2 nitrogen and oxygen atoms in total. The molecule has 1 aromatic rings. The quantitative estimate of drug-likeness (QED) is 0.763. The summed E-state index contributed by atoms with van der Waals surface area (Å²) in [6.07, 6.45) is 2.16. The molecule has 0 heterocycles. The van der Waals surface area contributed by atoms with Gasteiger partial charge < -0.3 is 5.73 Å². The average molecular weight is 193 g/mol. The van der Waals surface area contributed by atoms with Gasteiger partial charge in [0.15, 0.2) is 0 Å². The van der Waals surface area contributed by atoms with E-state index in [2.05, 4.69) is 0 Å². The number of amides is 1. The van der Waals surface area contributed by atoms with E-state index >= 15 is 0 Å². The molecule has 74 valence electrons. The van der Waals surface area contributed by atoms with E-state index in [0.717, 1.165) is 24.0 Å². The average Bonchev–Trinajstić information content (AvgIpc) is 2.47.